The van der Waals surface area contributed by atoms with E-state index in [4.69, 9.17) is 0 Å². The summed E-state index contributed by atoms with van der Waals surface area (Å²) >= 11 is 0. The van der Waals surface area contributed by atoms with E-state index in [9.17, 15) is 4.79 Å². The Labute approximate surface area is 93.0 Å². The first-order chi connectivity index (χ1) is 7.24. The average Bonchev–Trinajstić information content (AvgIpc) is 2.29. The smallest absolute Gasteiger partial charge is 0.222 e. The fourth-order valence-electron chi connectivity index (χ4n) is 1.93. The predicted molar refractivity (Wildman–Crippen MR) is 62.7 cm³/mol. The van der Waals surface area contributed by atoms with Crippen LogP contribution in [-0.4, -0.2) is 25.5 Å². The van der Waals surface area contributed by atoms with Crippen molar-refractivity contribution in [1.29, 1.82) is 0 Å². The molecule has 1 heterocycles. The molecule has 3 heteroatoms. The van der Waals surface area contributed by atoms with E-state index in [1.807, 2.05) is 6.92 Å². The normalized spacial score (nSPS) is 23.5. The van der Waals surface area contributed by atoms with E-state index in [2.05, 4.69) is 17.6 Å². The van der Waals surface area contributed by atoms with Gasteiger partial charge >= 0.3 is 0 Å². The molecule has 2 unspecified atom stereocenters. The van der Waals surface area contributed by atoms with E-state index >= 15 is 0 Å². The van der Waals surface area contributed by atoms with Crippen LogP contribution in [0.5, 0.6) is 0 Å². The first kappa shape index (κ1) is 12.5. The van der Waals surface area contributed by atoms with E-state index in [1.54, 1.807) is 0 Å². The summed E-state index contributed by atoms with van der Waals surface area (Å²) in [6.07, 6.45) is 4.64. The molecule has 1 aliphatic heterocycles. The van der Waals surface area contributed by atoms with Crippen molar-refractivity contribution < 1.29 is 4.79 Å². The second-order valence-electron chi connectivity index (χ2n) is 4.60. The molecule has 0 saturated carbocycles. The molecule has 0 radical (unpaired) electrons. The Kier molecular flexibility index (Phi) is 5.69. The number of carbonyl (C=O) groups is 1. The molecule has 2 N–H and O–H groups in total. The highest BCUT2D eigenvalue weighted by Gasteiger charge is 2.14. The van der Waals surface area contributed by atoms with Gasteiger partial charge in [0.05, 0.1) is 0 Å². The van der Waals surface area contributed by atoms with Gasteiger partial charge in [0.1, 0.15) is 0 Å². The fraction of sp³-hybridized carbons (Fsp3) is 0.917. The minimum atomic E-state index is 0.162. The second-order valence-corrected chi connectivity index (χ2v) is 4.60. The first-order valence-corrected chi connectivity index (χ1v) is 6.22. The highest BCUT2D eigenvalue weighted by molar-refractivity contribution is 5.78. The zero-order valence-electron chi connectivity index (χ0n) is 10.0. The Morgan fingerprint density at radius 3 is 3.00 bits per heavy atom. The Morgan fingerprint density at radius 2 is 2.40 bits per heavy atom. The lowest BCUT2D eigenvalue weighted by molar-refractivity contribution is -0.124. The largest absolute Gasteiger partial charge is 0.356 e. The summed E-state index contributed by atoms with van der Waals surface area (Å²) in [6, 6.07) is 0. The third kappa shape index (κ3) is 4.65. The van der Waals surface area contributed by atoms with Crippen molar-refractivity contribution in [3.8, 4) is 0 Å². The average molecular weight is 212 g/mol. The molecule has 0 aromatic carbocycles. The highest BCUT2D eigenvalue weighted by Crippen LogP contribution is 2.13. The van der Waals surface area contributed by atoms with Crippen LogP contribution >= 0.6 is 0 Å². The summed E-state index contributed by atoms with van der Waals surface area (Å²) in [5.41, 5.74) is 0. The summed E-state index contributed by atoms with van der Waals surface area (Å²) in [7, 11) is 0. The standard InChI is InChI=1S/C12H24N2O/c1-3-10(2)12(15)14-8-6-11-5-4-7-13-9-11/h10-11,13H,3-9H2,1-2H3,(H,14,15). The van der Waals surface area contributed by atoms with Gasteiger partial charge in [-0.2, -0.15) is 0 Å². The zero-order valence-corrected chi connectivity index (χ0v) is 10.0. The van der Waals surface area contributed by atoms with Gasteiger partial charge in [0.2, 0.25) is 5.91 Å². The van der Waals surface area contributed by atoms with Crippen molar-refractivity contribution >= 4 is 5.91 Å². The Hall–Kier alpha value is -0.570. The van der Waals surface area contributed by atoms with Gasteiger partial charge in [-0.1, -0.05) is 13.8 Å². The van der Waals surface area contributed by atoms with Gasteiger partial charge in [-0.05, 0) is 44.7 Å². The van der Waals surface area contributed by atoms with Gasteiger partial charge < -0.3 is 10.6 Å². The molecule has 1 rings (SSSR count). The SMILES string of the molecule is CCC(C)C(=O)NCCC1CCCNC1. The second kappa shape index (κ2) is 6.83. The van der Waals surface area contributed by atoms with Crippen LogP contribution in [0.25, 0.3) is 0 Å². The lowest BCUT2D eigenvalue weighted by Crippen LogP contribution is -2.34. The summed E-state index contributed by atoms with van der Waals surface area (Å²) in [6.45, 7) is 7.16. The number of hydrogen-bond donors (Lipinski definition) is 2. The van der Waals surface area contributed by atoms with Crippen molar-refractivity contribution in [2.24, 2.45) is 11.8 Å². The van der Waals surface area contributed by atoms with E-state index in [0.717, 1.165) is 38.4 Å². The molecular formula is C12H24N2O. The van der Waals surface area contributed by atoms with Crippen LogP contribution in [0, 0.1) is 11.8 Å². The molecule has 1 saturated heterocycles. The summed E-state index contributed by atoms with van der Waals surface area (Å²) < 4.78 is 0. The monoisotopic (exact) mass is 212 g/mol. The molecule has 88 valence electrons. The minimum Gasteiger partial charge on any atom is -0.356 e. The zero-order chi connectivity index (χ0) is 11.1. The number of nitrogens with one attached hydrogen (secondary N) is 2. The molecule has 1 fully saturated rings. The quantitative estimate of drug-likeness (QED) is 0.726. The molecule has 2 atom stereocenters. The Bertz CT molecular complexity index is 188. The molecule has 15 heavy (non-hydrogen) atoms. The summed E-state index contributed by atoms with van der Waals surface area (Å²) in [4.78, 5) is 11.5. The van der Waals surface area contributed by atoms with Crippen LogP contribution in [-0.2, 0) is 4.79 Å². The van der Waals surface area contributed by atoms with Gasteiger partial charge in [-0.3, -0.25) is 4.79 Å². The maximum absolute atomic E-state index is 11.5. The van der Waals surface area contributed by atoms with Crippen LogP contribution in [0.1, 0.15) is 39.5 Å². The van der Waals surface area contributed by atoms with E-state index in [0.29, 0.717) is 0 Å². The van der Waals surface area contributed by atoms with Crippen molar-refractivity contribution in [3.05, 3.63) is 0 Å². The Balaban J connectivity index is 2.07. The maximum Gasteiger partial charge on any atom is 0.222 e. The van der Waals surface area contributed by atoms with Crippen LogP contribution < -0.4 is 10.6 Å². The van der Waals surface area contributed by atoms with E-state index < -0.39 is 0 Å². The maximum atomic E-state index is 11.5. The van der Waals surface area contributed by atoms with Crippen molar-refractivity contribution in [2.75, 3.05) is 19.6 Å². The molecule has 3 nitrogen and oxygen atoms in total. The van der Waals surface area contributed by atoms with Gasteiger partial charge in [-0.25, -0.2) is 0 Å². The molecule has 0 aromatic rings. The topological polar surface area (TPSA) is 41.1 Å². The fourth-order valence-corrected chi connectivity index (χ4v) is 1.93. The van der Waals surface area contributed by atoms with Gasteiger partial charge in [0, 0.05) is 12.5 Å². The van der Waals surface area contributed by atoms with Gasteiger partial charge in [-0.15, -0.1) is 0 Å². The van der Waals surface area contributed by atoms with Crippen LogP contribution in [0.15, 0.2) is 0 Å². The van der Waals surface area contributed by atoms with Crippen molar-refractivity contribution in [2.45, 2.75) is 39.5 Å². The molecule has 0 bridgehead atoms. The van der Waals surface area contributed by atoms with Gasteiger partial charge in [0.25, 0.3) is 0 Å². The minimum absolute atomic E-state index is 0.162. The van der Waals surface area contributed by atoms with E-state index in [1.165, 1.54) is 12.8 Å². The summed E-state index contributed by atoms with van der Waals surface area (Å²) in [5.74, 6) is 1.13. The summed E-state index contributed by atoms with van der Waals surface area (Å²) in [5, 5.41) is 6.41. The molecule has 0 aliphatic carbocycles. The number of rotatable bonds is 5. The predicted octanol–water partition coefficient (Wildman–Crippen LogP) is 1.54. The third-order valence-electron chi connectivity index (χ3n) is 3.31. The van der Waals surface area contributed by atoms with Crippen LogP contribution in [0.4, 0.5) is 0 Å². The Morgan fingerprint density at radius 1 is 1.60 bits per heavy atom. The number of amides is 1. The molecule has 0 aromatic heterocycles. The molecule has 1 amide bonds. The third-order valence-corrected chi connectivity index (χ3v) is 3.31. The van der Waals surface area contributed by atoms with Crippen LogP contribution in [0.3, 0.4) is 0 Å². The van der Waals surface area contributed by atoms with Crippen LogP contribution in [0.2, 0.25) is 0 Å². The molecular weight excluding hydrogens is 188 g/mol. The molecule has 1 aliphatic rings. The number of piperidine rings is 1. The lowest BCUT2D eigenvalue weighted by Gasteiger charge is -2.22. The number of carbonyl (C=O) groups excluding carboxylic acids is 1. The van der Waals surface area contributed by atoms with E-state index in [-0.39, 0.29) is 11.8 Å². The molecule has 0 spiro atoms. The van der Waals surface area contributed by atoms with Gasteiger partial charge in [0.15, 0.2) is 0 Å². The highest BCUT2D eigenvalue weighted by atomic mass is 16.1. The number of hydrogen-bond acceptors (Lipinski definition) is 2. The van der Waals surface area contributed by atoms with Crippen molar-refractivity contribution in [1.82, 2.24) is 10.6 Å². The first-order valence-electron chi connectivity index (χ1n) is 6.22. The van der Waals surface area contributed by atoms with Crippen molar-refractivity contribution in [3.63, 3.8) is 0 Å². The lowest BCUT2D eigenvalue weighted by atomic mass is 9.96.